The molecule has 21 heavy (non-hydrogen) atoms. The van der Waals surface area contributed by atoms with Crippen molar-refractivity contribution < 1.29 is 9.47 Å². The Labute approximate surface area is 130 Å². The van der Waals surface area contributed by atoms with Crippen molar-refractivity contribution in [1.29, 1.82) is 0 Å². The molecule has 0 radical (unpaired) electrons. The van der Waals surface area contributed by atoms with Crippen LogP contribution in [0.25, 0.3) is 0 Å². The normalized spacial score (nSPS) is 16.7. The lowest BCUT2D eigenvalue weighted by molar-refractivity contribution is 0.297. The molecule has 0 unspecified atom stereocenters. The van der Waals surface area contributed by atoms with Gasteiger partial charge in [-0.15, -0.1) is 6.58 Å². The van der Waals surface area contributed by atoms with Crippen molar-refractivity contribution in [3.05, 3.63) is 35.9 Å². The average Bonchev–Trinajstić information content (AvgIpc) is 2.74. The van der Waals surface area contributed by atoms with Crippen LogP contribution in [-0.4, -0.2) is 36.3 Å². The Morgan fingerprint density at radius 2 is 2.00 bits per heavy atom. The van der Waals surface area contributed by atoms with E-state index in [1.54, 1.807) is 0 Å². The summed E-state index contributed by atoms with van der Waals surface area (Å²) in [4.78, 5) is 2.19. The fourth-order valence-corrected chi connectivity index (χ4v) is 2.90. The molecule has 0 spiro atoms. The lowest BCUT2D eigenvalue weighted by Crippen LogP contribution is -2.42. The van der Waals surface area contributed by atoms with Crippen LogP contribution in [-0.2, 0) is 13.0 Å². The van der Waals surface area contributed by atoms with Crippen molar-refractivity contribution in [1.82, 2.24) is 10.2 Å². The number of benzene rings is 1. The molecule has 0 bridgehead atoms. The Balaban J connectivity index is 1.77. The first-order chi connectivity index (χ1) is 10.3. The van der Waals surface area contributed by atoms with Gasteiger partial charge in [0.2, 0.25) is 0 Å². The predicted molar refractivity (Wildman–Crippen MR) is 87.0 cm³/mol. The summed E-state index contributed by atoms with van der Waals surface area (Å²) in [7, 11) is 0. The van der Waals surface area contributed by atoms with Crippen molar-refractivity contribution in [3.63, 3.8) is 0 Å². The fourth-order valence-electron chi connectivity index (χ4n) is 2.66. The van der Waals surface area contributed by atoms with E-state index in [2.05, 4.69) is 28.9 Å². The SMILES string of the molecule is C=CCNC(=S)N1CCc2cc3c(cc2C1)OCCCO3. The van der Waals surface area contributed by atoms with Gasteiger partial charge in [0.25, 0.3) is 0 Å². The van der Waals surface area contributed by atoms with Crippen molar-refractivity contribution in [2.24, 2.45) is 0 Å². The van der Waals surface area contributed by atoms with Crippen LogP contribution < -0.4 is 14.8 Å². The molecular formula is C16H20N2O2S. The first-order valence-electron chi connectivity index (χ1n) is 7.33. The maximum atomic E-state index is 5.77. The molecule has 0 amide bonds. The third-order valence-electron chi connectivity index (χ3n) is 3.77. The number of ether oxygens (including phenoxy) is 2. The Bertz CT molecular complexity index is 559. The maximum Gasteiger partial charge on any atom is 0.169 e. The number of fused-ring (bicyclic) bond motifs is 2. The van der Waals surface area contributed by atoms with Crippen LogP contribution in [0.15, 0.2) is 24.8 Å². The van der Waals surface area contributed by atoms with Crippen molar-refractivity contribution in [2.75, 3.05) is 26.3 Å². The largest absolute Gasteiger partial charge is 0.490 e. The zero-order valence-corrected chi connectivity index (χ0v) is 12.9. The maximum absolute atomic E-state index is 5.77. The minimum Gasteiger partial charge on any atom is -0.490 e. The van der Waals surface area contributed by atoms with E-state index in [1.165, 1.54) is 11.1 Å². The second kappa shape index (κ2) is 6.35. The minimum atomic E-state index is 0.698. The molecule has 2 aliphatic rings. The topological polar surface area (TPSA) is 33.7 Å². The number of hydrogen-bond acceptors (Lipinski definition) is 3. The van der Waals surface area contributed by atoms with Gasteiger partial charge in [-0.2, -0.15) is 0 Å². The molecule has 3 rings (SSSR count). The van der Waals surface area contributed by atoms with Crippen LogP contribution in [0.1, 0.15) is 17.5 Å². The van der Waals surface area contributed by atoms with E-state index < -0.39 is 0 Å². The second-order valence-corrected chi connectivity index (χ2v) is 5.65. The van der Waals surface area contributed by atoms with Gasteiger partial charge in [-0.25, -0.2) is 0 Å². The number of thiocarbonyl (C=S) groups is 1. The van der Waals surface area contributed by atoms with Crippen LogP contribution >= 0.6 is 12.2 Å². The molecule has 0 saturated carbocycles. The quantitative estimate of drug-likeness (QED) is 0.669. The van der Waals surface area contributed by atoms with Crippen LogP contribution in [0, 0.1) is 0 Å². The predicted octanol–water partition coefficient (Wildman–Crippen LogP) is 2.27. The summed E-state index contributed by atoms with van der Waals surface area (Å²) in [6.07, 6.45) is 3.72. The summed E-state index contributed by atoms with van der Waals surface area (Å²) < 4.78 is 11.5. The molecule has 0 atom stereocenters. The van der Waals surface area contributed by atoms with Crippen molar-refractivity contribution >= 4 is 17.3 Å². The van der Waals surface area contributed by atoms with Crippen molar-refractivity contribution in [3.8, 4) is 11.5 Å². The lowest BCUT2D eigenvalue weighted by atomic mass is 9.99. The molecule has 0 saturated heterocycles. The molecular weight excluding hydrogens is 284 g/mol. The van der Waals surface area contributed by atoms with E-state index in [1.807, 2.05) is 6.08 Å². The van der Waals surface area contributed by atoms with Gasteiger partial charge in [0.05, 0.1) is 13.2 Å². The lowest BCUT2D eigenvalue weighted by Gasteiger charge is -2.31. The summed E-state index contributed by atoms with van der Waals surface area (Å²) in [6, 6.07) is 4.24. The third kappa shape index (κ3) is 3.13. The molecule has 5 heteroatoms. The highest BCUT2D eigenvalue weighted by Crippen LogP contribution is 2.35. The monoisotopic (exact) mass is 304 g/mol. The number of rotatable bonds is 2. The Kier molecular flexibility index (Phi) is 4.29. The summed E-state index contributed by atoms with van der Waals surface area (Å²) in [5, 5.41) is 3.97. The zero-order chi connectivity index (χ0) is 14.7. The van der Waals surface area contributed by atoms with Gasteiger partial charge < -0.3 is 19.7 Å². The summed E-state index contributed by atoms with van der Waals surface area (Å²) >= 11 is 5.42. The molecule has 1 aromatic carbocycles. The van der Waals surface area contributed by atoms with E-state index >= 15 is 0 Å². The highest BCUT2D eigenvalue weighted by molar-refractivity contribution is 7.80. The van der Waals surface area contributed by atoms with Gasteiger partial charge in [-0.05, 0) is 41.9 Å². The summed E-state index contributed by atoms with van der Waals surface area (Å²) in [6.45, 7) is 7.58. The first kappa shape index (κ1) is 14.2. The smallest absolute Gasteiger partial charge is 0.169 e. The Hall–Kier alpha value is -1.75. The van der Waals surface area contributed by atoms with Gasteiger partial charge in [0.1, 0.15) is 0 Å². The Morgan fingerprint density at radius 3 is 2.71 bits per heavy atom. The second-order valence-electron chi connectivity index (χ2n) is 5.26. The van der Waals surface area contributed by atoms with E-state index in [4.69, 9.17) is 21.7 Å². The molecule has 0 fully saturated rings. The van der Waals surface area contributed by atoms with Crippen LogP contribution in [0.4, 0.5) is 0 Å². The molecule has 1 aromatic rings. The van der Waals surface area contributed by atoms with Crippen LogP contribution in [0.2, 0.25) is 0 Å². The molecule has 0 aliphatic carbocycles. The van der Waals surface area contributed by atoms with Crippen LogP contribution in [0.5, 0.6) is 11.5 Å². The number of hydrogen-bond donors (Lipinski definition) is 1. The number of nitrogens with one attached hydrogen (secondary N) is 1. The Morgan fingerprint density at radius 1 is 1.29 bits per heavy atom. The van der Waals surface area contributed by atoms with Gasteiger partial charge in [-0.1, -0.05) is 6.08 Å². The highest BCUT2D eigenvalue weighted by atomic mass is 32.1. The van der Waals surface area contributed by atoms with Gasteiger partial charge in [-0.3, -0.25) is 0 Å². The average molecular weight is 304 g/mol. The van der Waals surface area contributed by atoms with Gasteiger partial charge in [0, 0.05) is 26.1 Å². The molecule has 2 heterocycles. The molecule has 1 N–H and O–H groups in total. The molecule has 112 valence electrons. The molecule has 4 nitrogen and oxygen atoms in total. The summed E-state index contributed by atoms with van der Waals surface area (Å²) in [5.74, 6) is 1.74. The molecule has 0 aromatic heterocycles. The van der Waals surface area contributed by atoms with Crippen molar-refractivity contribution in [2.45, 2.75) is 19.4 Å². The fraction of sp³-hybridized carbons (Fsp3) is 0.438. The van der Waals surface area contributed by atoms with Gasteiger partial charge >= 0.3 is 0 Å². The standard InChI is InChI=1S/C16H20N2O2S/c1-2-5-17-16(21)18-6-4-12-9-14-15(10-13(12)11-18)20-8-3-7-19-14/h2,9-10H,1,3-8,11H2,(H,17,21). The van der Waals surface area contributed by atoms with E-state index in [9.17, 15) is 0 Å². The molecule has 2 aliphatic heterocycles. The first-order valence-corrected chi connectivity index (χ1v) is 7.74. The third-order valence-corrected chi connectivity index (χ3v) is 4.17. The number of nitrogens with zero attached hydrogens (tertiary/aromatic N) is 1. The summed E-state index contributed by atoms with van der Waals surface area (Å²) in [5.41, 5.74) is 2.61. The highest BCUT2D eigenvalue weighted by Gasteiger charge is 2.22. The van der Waals surface area contributed by atoms with Gasteiger partial charge in [0.15, 0.2) is 16.6 Å². The van der Waals surface area contributed by atoms with E-state index in [0.717, 1.165) is 55.8 Å². The zero-order valence-electron chi connectivity index (χ0n) is 12.1. The van der Waals surface area contributed by atoms with Crippen LogP contribution in [0.3, 0.4) is 0 Å². The van der Waals surface area contributed by atoms with E-state index in [-0.39, 0.29) is 0 Å². The van der Waals surface area contributed by atoms with E-state index in [0.29, 0.717) is 6.54 Å². The minimum absolute atomic E-state index is 0.698.